The van der Waals surface area contributed by atoms with E-state index in [0.29, 0.717) is 11.1 Å². The average molecular weight is 289 g/mol. The van der Waals surface area contributed by atoms with E-state index in [-0.39, 0.29) is 10.9 Å². The predicted octanol–water partition coefficient (Wildman–Crippen LogP) is 1.48. The van der Waals surface area contributed by atoms with Crippen LogP contribution in [0.4, 0.5) is 0 Å². The van der Waals surface area contributed by atoms with Gasteiger partial charge in [-0.3, -0.25) is 0 Å². The third kappa shape index (κ3) is 2.81. The van der Waals surface area contributed by atoms with Crippen LogP contribution < -0.4 is 0 Å². The van der Waals surface area contributed by atoms with Gasteiger partial charge in [0.1, 0.15) is 6.10 Å². The number of aryl methyl sites for hydroxylation is 1. The fourth-order valence-electron chi connectivity index (χ4n) is 1.42. The van der Waals surface area contributed by atoms with Crippen molar-refractivity contribution in [3.05, 3.63) is 34.9 Å². The Labute approximate surface area is 102 Å². The minimum Gasteiger partial charge on any atom is -0.478 e. The smallest absolute Gasteiger partial charge is 0.335 e. The summed E-state index contributed by atoms with van der Waals surface area (Å²) in [7, 11) is 0. The average Bonchev–Trinajstić information content (AvgIpc) is 2.26. The van der Waals surface area contributed by atoms with Crippen molar-refractivity contribution in [3.63, 3.8) is 0 Å². The van der Waals surface area contributed by atoms with Crippen LogP contribution in [0.25, 0.3) is 0 Å². The van der Waals surface area contributed by atoms with Gasteiger partial charge in [0, 0.05) is 5.33 Å². The molecule has 0 saturated carbocycles. The number of carbonyl (C=O) groups is 1. The van der Waals surface area contributed by atoms with Crippen molar-refractivity contribution in [1.82, 2.24) is 0 Å². The molecule has 0 spiro atoms. The van der Waals surface area contributed by atoms with Gasteiger partial charge in [0.2, 0.25) is 0 Å². The Morgan fingerprint density at radius 3 is 2.50 bits per heavy atom. The molecule has 2 atom stereocenters. The second-order valence-electron chi connectivity index (χ2n) is 3.55. The van der Waals surface area contributed by atoms with E-state index < -0.39 is 18.2 Å². The number of halogens is 1. The van der Waals surface area contributed by atoms with Crippen LogP contribution in [0.15, 0.2) is 18.2 Å². The summed E-state index contributed by atoms with van der Waals surface area (Å²) in [6.07, 6.45) is -1.92. The molecule has 0 aliphatic rings. The van der Waals surface area contributed by atoms with Gasteiger partial charge in [-0.25, -0.2) is 4.79 Å². The molecule has 0 fully saturated rings. The van der Waals surface area contributed by atoms with Gasteiger partial charge >= 0.3 is 5.97 Å². The molecule has 0 radical (unpaired) electrons. The molecular weight excluding hydrogens is 276 g/mol. The molecule has 1 rings (SSSR count). The Balaban J connectivity index is 3.01. The van der Waals surface area contributed by atoms with E-state index in [0.717, 1.165) is 0 Å². The summed E-state index contributed by atoms with van der Waals surface area (Å²) in [5, 5.41) is 28.2. The number of hydrogen-bond acceptors (Lipinski definition) is 3. The summed E-state index contributed by atoms with van der Waals surface area (Å²) in [4.78, 5) is 10.8. The fraction of sp³-hybridized carbons (Fsp3) is 0.364. The molecule has 2 unspecified atom stereocenters. The van der Waals surface area contributed by atoms with E-state index in [1.807, 2.05) is 0 Å². The second kappa shape index (κ2) is 5.43. The van der Waals surface area contributed by atoms with E-state index in [2.05, 4.69) is 15.9 Å². The quantitative estimate of drug-likeness (QED) is 0.734. The Morgan fingerprint density at radius 1 is 1.44 bits per heavy atom. The van der Waals surface area contributed by atoms with Crippen molar-refractivity contribution < 1.29 is 20.1 Å². The normalized spacial score (nSPS) is 14.5. The Morgan fingerprint density at radius 2 is 2.06 bits per heavy atom. The minimum atomic E-state index is -1.01. The van der Waals surface area contributed by atoms with E-state index in [1.54, 1.807) is 13.0 Å². The van der Waals surface area contributed by atoms with Crippen LogP contribution >= 0.6 is 15.9 Å². The van der Waals surface area contributed by atoms with Crippen molar-refractivity contribution in [2.45, 2.75) is 19.1 Å². The number of benzene rings is 1. The van der Waals surface area contributed by atoms with Crippen molar-refractivity contribution >= 4 is 21.9 Å². The molecule has 3 N–H and O–H groups in total. The summed E-state index contributed by atoms with van der Waals surface area (Å²) >= 11 is 3.06. The highest BCUT2D eigenvalue weighted by molar-refractivity contribution is 9.09. The lowest BCUT2D eigenvalue weighted by Crippen LogP contribution is -2.19. The lowest BCUT2D eigenvalue weighted by molar-refractivity contribution is 0.0342. The van der Waals surface area contributed by atoms with Crippen LogP contribution in [0.1, 0.15) is 27.6 Å². The molecule has 16 heavy (non-hydrogen) atoms. The molecule has 0 aliphatic heterocycles. The van der Waals surface area contributed by atoms with Crippen molar-refractivity contribution in [3.8, 4) is 0 Å². The van der Waals surface area contributed by atoms with Gasteiger partial charge in [-0.2, -0.15) is 0 Å². The first kappa shape index (κ1) is 13.2. The van der Waals surface area contributed by atoms with E-state index in [4.69, 9.17) is 5.11 Å². The van der Waals surface area contributed by atoms with Crippen LogP contribution in [0.3, 0.4) is 0 Å². The topological polar surface area (TPSA) is 77.8 Å². The molecule has 0 bridgehead atoms. The molecule has 0 aliphatic carbocycles. The van der Waals surface area contributed by atoms with Gasteiger partial charge in [0.15, 0.2) is 0 Å². The largest absolute Gasteiger partial charge is 0.478 e. The molecule has 0 heterocycles. The van der Waals surface area contributed by atoms with Gasteiger partial charge in [-0.1, -0.05) is 28.1 Å². The fourth-order valence-corrected chi connectivity index (χ4v) is 1.77. The van der Waals surface area contributed by atoms with Gasteiger partial charge in [0.05, 0.1) is 11.7 Å². The SMILES string of the molecule is Cc1cc(C(O)C(O)CBr)ccc1C(=O)O. The molecule has 88 valence electrons. The highest BCUT2D eigenvalue weighted by Crippen LogP contribution is 2.21. The van der Waals surface area contributed by atoms with Gasteiger partial charge in [-0.15, -0.1) is 0 Å². The maximum atomic E-state index is 10.8. The first-order chi connectivity index (χ1) is 7.47. The standard InChI is InChI=1S/C11H13BrO4/c1-6-4-7(10(14)9(13)5-12)2-3-8(6)11(15)16/h2-4,9-10,13-14H,5H2,1H3,(H,15,16). The number of rotatable bonds is 4. The van der Waals surface area contributed by atoms with Crippen LogP contribution in [0.2, 0.25) is 0 Å². The van der Waals surface area contributed by atoms with E-state index in [9.17, 15) is 15.0 Å². The number of carboxylic acid groups (broad SMARTS) is 1. The first-order valence-corrected chi connectivity index (χ1v) is 5.85. The third-order valence-corrected chi connectivity index (χ3v) is 3.01. The molecule has 0 amide bonds. The van der Waals surface area contributed by atoms with Crippen LogP contribution in [0.5, 0.6) is 0 Å². The Kier molecular flexibility index (Phi) is 4.46. The lowest BCUT2D eigenvalue weighted by Gasteiger charge is -2.16. The zero-order valence-electron chi connectivity index (χ0n) is 8.72. The second-order valence-corrected chi connectivity index (χ2v) is 4.19. The highest BCUT2D eigenvalue weighted by Gasteiger charge is 2.18. The van der Waals surface area contributed by atoms with Crippen LogP contribution in [-0.2, 0) is 0 Å². The number of alkyl halides is 1. The number of aliphatic hydroxyl groups is 2. The van der Waals surface area contributed by atoms with Crippen molar-refractivity contribution in [1.29, 1.82) is 0 Å². The molecule has 1 aromatic carbocycles. The molecule has 0 saturated heterocycles. The lowest BCUT2D eigenvalue weighted by atomic mass is 9.99. The zero-order valence-corrected chi connectivity index (χ0v) is 10.3. The summed E-state index contributed by atoms with van der Waals surface area (Å²) in [6.45, 7) is 1.65. The monoisotopic (exact) mass is 288 g/mol. The van der Waals surface area contributed by atoms with E-state index in [1.165, 1.54) is 12.1 Å². The summed E-state index contributed by atoms with van der Waals surface area (Å²) in [6, 6.07) is 4.50. The highest BCUT2D eigenvalue weighted by atomic mass is 79.9. The Bertz CT molecular complexity index is 392. The number of aromatic carboxylic acids is 1. The Hall–Kier alpha value is -0.910. The first-order valence-electron chi connectivity index (χ1n) is 4.73. The molecular formula is C11H13BrO4. The zero-order chi connectivity index (χ0) is 12.3. The molecule has 1 aromatic rings. The van der Waals surface area contributed by atoms with E-state index >= 15 is 0 Å². The molecule has 0 aromatic heterocycles. The third-order valence-electron chi connectivity index (χ3n) is 2.34. The molecule has 4 nitrogen and oxygen atoms in total. The summed E-state index contributed by atoms with van der Waals surface area (Å²) < 4.78 is 0. The number of hydrogen-bond donors (Lipinski definition) is 3. The van der Waals surface area contributed by atoms with Crippen molar-refractivity contribution in [2.24, 2.45) is 0 Å². The predicted molar refractivity (Wildman–Crippen MR) is 62.9 cm³/mol. The maximum absolute atomic E-state index is 10.8. The minimum absolute atomic E-state index is 0.198. The van der Waals surface area contributed by atoms with Crippen LogP contribution in [0, 0.1) is 6.92 Å². The van der Waals surface area contributed by atoms with Crippen LogP contribution in [-0.4, -0.2) is 32.7 Å². The number of carboxylic acids is 1. The maximum Gasteiger partial charge on any atom is 0.335 e. The summed E-state index contributed by atoms with van der Waals surface area (Å²) in [5.41, 5.74) is 1.27. The van der Waals surface area contributed by atoms with Gasteiger partial charge in [0.25, 0.3) is 0 Å². The summed E-state index contributed by atoms with van der Waals surface area (Å²) in [5.74, 6) is -1.00. The number of aliphatic hydroxyl groups excluding tert-OH is 2. The molecule has 5 heteroatoms. The van der Waals surface area contributed by atoms with Gasteiger partial charge in [-0.05, 0) is 24.1 Å². The van der Waals surface area contributed by atoms with Crippen molar-refractivity contribution in [2.75, 3.05) is 5.33 Å². The van der Waals surface area contributed by atoms with Gasteiger partial charge < -0.3 is 15.3 Å².